The van der Waals surface area contributed by atoms with Crippen molar-refractivity contribution in [2.75, 3.05) is 26.2 Å². The Morgan fingerprint density at radius 3 is 2.56 bits per heavy atom. The van der Waals surface area contributed by atoms with Gasteiger partial charge in [-0.2, -0.15) is 0 Å². The van der Waals surface area contributed by atoms with Gasteiger partial charge < -0.3 is 10.6 Å². The number of hydrogen-bond acceptors (Lipinski definition) is 2. The number of hydrogen-bond donors (Lipinski definition) is 1. The molecule has 0 aromatic rings. The summed E-state index contributed by atoms with van der Waals surface area (Å²) in [5, 5.41) is 0. The second kappa shape index (κ2) is 5.50. The van der Waals surface area contributed by atoms with Gasteiger partial charge in [0.05, 0.1) is 0 Å². The number of rotatable bonds is 3. The number of nitrogens with zero attached hydrogens (tertiary/aromatic N) is 1. The molecule has 2 unspecified atom stereocenters. The number of likely N-dealkylation sites (tertiary alicyclic amines) is 1. The predicted octanol–water partition coefficient (Wildman–Crippen LogP) is 2.63. The lowest BCUT2D eigenvalue weighted by Gasteiger charge is -2.43. The molecule has 0 aromatic heterocycles. The van der Waals surface area contributed by atoms with E-state index >= 15 is 0 Å². The summed E-state index contributed by atoms with van der Waals surface area (Å²) in [4.78, 5) is 2.68. The van der Waals surface area contributed by atoms with Crippen molar-refractivity contribution in [2.45, 2.75) is 51.9 Å². The van der Waals surface area contributed by atoms with Crippen LogP contribution in [0.3, 0.4) is 0 Å². The average Bonchev–Trinajstić information content (AvgIpc) is 2.30. The minimum atomic E-state index is 0.453. The van der Waals surface area contributed by atoms with Crippen LogP contribution in [0.25, 0.3) is 0 Å². The quantitative estimate of drug-likeness (QED) is 0.798. The molecule has 1 heterocycles. The van der Waals surface area contributed by atoms with Crippen molar-refractivity contribution < 1.29 is 0 Å². The van der Waals surface area contributed by atoms with Crippen LogP contribution in [0.5, 0.6) is 0 Å². The summed E-state index contributed by atoms with van der Waals surface area (Å²) in [5.74, 6) is 0.891. The van der Waals surface area contributed by atoms with Crippen LogP contribution in [0.15, 0.2) is 0 Å². The Labute approximate surface area is 101 Å². The van der Waals surface area contributed by atoms with Crippen molar-refractivity contribution >= 4 is 0 Å². The SMILES string of the molecule is CC1CCCC(CN)(CN2CCCCC2)C1. The van der Waals surface area contributed by atoms with Crippen LogP contribution in [-0.2, 0) is 0 Å². The Morgan fingerprint density at radius 1 is 1.19 bits per heavy atom. The Hall–Kier alpha value is -0.0800. The lowest BCUT2D eigenvalue weighted by molar-refractivity contribution is 0.0780. The zero-order chi connectivity index (χ0) is 11.4. The minimum Gasteiger partial charge on any atom is -0.330 e. The van der Waals surface area contributed by atoms with E-state index in [1.54, 1.807) is 0 Å². The maximum Gasteiger partial charge on any atom is 0.00502 e. The topological polar surface area (TPSA) is 29.3 Å². The normalized spacial score (nSPS) is 37.5. The zero-order valence-electron chi connectivity index (χ0n) is 10.9. The molecule has 1 saturated carbocycles. The lowest BCUT2D eigenvalue weighted by atomic mass is 9.69. The summed E-state index contributed by atoms with van der Waals surface area (Å²) in [6.07, 6.45) is 9.77. The molecule has 0 radical (unpaired) electrons. The molecule has 2 atom stereocenters. The van der Waals surface area contributed by atoms with Crippen LogP contribution in [0, 0.1) is 11.3 Å². The lowest BCUT2D eigenvalue weighted by Crippen LogP contribution is -2.46. The summed E-state index contributed by atoms with van der Waals surface area (Å²) in [6.45, 7) is 7.20. The van der Waals surface area contributed by atoms with Crippen LogP contribution in [-0.4, -0.2) is 31.1 Å². The van der Waals surface area contributed by atoms with Crippen LogP contribution in [0.4, 0.5) is 0 Å². The van der Waals surface area contributed by atoms with E-state index in [-0.39, 0.29) is 0 Å². The van der Waals surface area contributed by atoms with Crippen molar-refractivity contribution in [2.24, 2.45) is 17.1 Å². The molecule has 2 rings (SSSR count). The first-order valence-electron chi connectivity index (χ1n) is 7.16. The molecule has 0 aromatic carbocycles. The first-order chi connectivity index (χ1) is 7.74. The molecule has 16 heavy (non-hydrogen) atoms. The monoisotopic (exact) mass is 224 g/mol. The van der Waals surface area contributed by atoms with Gasteiger partial charge in [-0.3, -0.25) is 0 Å². The van der Waals surface area contributed by atoms with Gasteiger partial charge in [0, 0.05) is 6.54 Å². The van der Waals surface area contributed by atoms with Gasteiger partial charge in [0.2, 0.25) is 0 Å². The molecule has 2 N–H and O–H groups in total. The largest absolute Gasteiger partial charge is 0.330 e. The summed E-state index contributed by atoms with van der Waals surface area (Å²) in [7, 11) is 0. The summed E-state index contributed by atoms with van der Waals surface area (Å²) in [5.41, 5.74) is 6.54. The van der Waals surface area contributed by atoms with Crippen molar-refractivity contribution in [3.05, 3.63) is 0 Å². The predicted molar refractivity (Wildman–Crippen MR) is 69.4 cm³/mol. The Kier molecular flexibility index (Phi) is 4.26. The summed E-state index contributed by atoms with van der Waals surface area (Å²) >= 11 is 0. The van der Waals surface area contributed by atoms with E-state index in [4.69, 9.17) is 5.73 Å². The highest BCUT2D eigenvalue weighted by molar-refractivity contribution is 4.89. The molecule has 0 bridgehead atoms. The third-order valence-corrected chi connectivity index (χ3v) is 4.63. The van der Waals surface area contributed by atoms with E-state index in [2.05, 4.69) is 11.8 Å². The summed E-state index contributed by atoms with van der Waals surface area (Å²) < 4.78 is 0. The van der Waals surface area contributed by atoms with Crippen LogP contribution in [0.2, 0.25) is 0 Å². The zero-order valence-corrected chi connectivity index (χ0v) is 10.9. The fourth-order valence-corrected chi connectivity index (χ4v) is 3.75. The molecule has 2 heteroatoms. The number of nitrogens with two attached hydrogens (primary N) is 1. The number of piperidine rings is 1. The highest BCUT2D eigenvalue weighted by Crippen LogP contribution is 2.39. The second-order valence-corrected chi connectivity index (χ2v) is 6.24. The fourth-order valence-electron chi connectivity index (χ4n) is 3.75. The van der Waals surface area contributed by atoms with Gasteiger partial charge in [-0.25, -0.2) is 0 Å². The third-order valence-electron chi connectivity index (χ3n) is 4.63. The minimum absolute atomic E-state index is 0.453. The van der Waals surface area contributed by atoms with Gasteiger partial charge >= 0.3 is 0 Å². The highest BCUT2D eigenvalue weighted by atomic mass is 15.1. The van der Waals surface area contributed by atoms with Gasteiger partial charge in [-0.05, 0) is 56.7 Å². The van der Waals surface area contributed by atoms with Crippen molar-refractivity contribution in [3.63, 3.8) is 0 Å². The molecule has 2 aliphatic rings. The second-order valence-electron chi connectivity index (χ2n) is 6.24. The standard InChI is InChI=1S/C14H28N2/c1-13-6-5-7-14(10-13,11-15)12-16-8-3-2-4-9-16/h13H,2-12,15H2,1H3. The van der Waals surface area contributed by atoms with Gasteiger partial charge in [-0.15, -0.1) is 0 Å². The Morgan fingerprint density at radius 2 is 1.94 bits per heavy atom. The maximum atomic E-state index is 6.09. The van der Waals surface area contributed by atoms with Crippen LogP contribution in [0.1, 0.15) is 51.9 Å². The smallest absolute Gasteiger partial charge is 0.00502 e. The molecule has 1 aliphatic heterocycles. The fraction of sp³-hybridized carbons (Fsp3) is 1.00. The molecule has 1 saturated heterocycles. The average molecular weight is 224 g/mol. The Bertz CT molecular complexity index is 211. The molecule has 2 fully saturated rings. The van der Waals surface area contributed by atoms with Crippen molar-refractivity contribution in [1.29, 1.82) is 0 Å². The summed E-state index contributed by atoms with van der Waals surface area (Å²) in [6, 6.07) is 0. The molecule has 0 spiro atoms. The third kappa shape index (κ3) is 2.98. The molecule has 0 amide bonds. The van der Waals surface area contributed by atoms with E-state index in [0.29, 0.717) is 5.41 Å². The van der Waals surface area contributed by atoms with Gasteiger partial charge in [0.25, 0.3) is 0 Å². The van der Waals surface area contributed by atoms with Crippen LogP contribution >= 0.6 is 0 Å². The molecule has 1 aliphatic carbocycles. The van der Waals surface area contributed by atoms with Gasteiger partial charge in [0.15, 0.2) is 0 Å². The molecule has 2 nitrogen and oxygen atoms in total. The first-order valence-corrected chi connectivity index (χ1v) is 7.16. The van der Waals surface area contributed by atoms with E-state index in [1.807, 2.05) is 0 Å². The maximum absolute atomic E-state index is 6.09. The van der Waals surface area contributed by atoms with Crippen molar-refractivity contribution in [3.8, 4) is 0 Å². The molecular weight excluding hydrogens is 196 g/mol. The van der Waals surface area contributed by atoms with E-state index < -0.39 is 0 Å². The molecular formula is C14H28N2. The first kappa shape index (κ1) is 12.4. The van der Waals surface area contributed by atoms with E-state index in [9.17, 15) is 0 Å². The molecule has 94 valence electrons. The van der Waals surface area contributed by atoms with Gasteiger partial charge in [0.1, 0.15) is 0 Å². The van der Waals surface area contributed by atoms with Gasteiger partial charge in [-0.1, -0.05) is 26.2 Å². The van der Waals surface area contributed by atoms with Crippen LogP contribution < -0.4 is 5.73 Å². The Balaban J connectivity index is 1.91. The van der Waals surface area contributed by atoms with Crippen molar-refractivity contribution in [1.82, 2.24) is 4.90 Å². The highest BCUT2D eigenvalue weighted by Gasteiger charge is 2.35. The van der Waals surface area contributed by atoms with E-state index in [0.717, 1.165) is 12.5 Å². The van der Waals surface area contributed by atoms with E-state index in [1.165, 1.54) is 64.6 Å².